The van der Waals surface area contributed by atoms with Crippen molar-refractivity contribution in [2.45, 2.75) is 19.1 Å². The van der Waals surface area contributed by atoms with Crippen molar-refractivity contribution in [2.24, 2.45) is 0 Å². The number of nitrogens with zero attached hydrogens (tertiary/aromatic N) is 1. The van der Waals surface area contributed by atoms with E-state index in [0.29, 0.717) is 13.2 Å². The Kier molecular flexibility index (Phi) is 4.22. The van der Waals surface area contributed by atoms with Gasteiger partial charge in [-0.15, -0.1) is 11.3 Å². The average Bonchev–Trinajstić information content (AvgIpc) is 3.00. The molecule has 2 amide bonds. The fraction of sp³-hybridized carbons (Fsp3) is 0.312. The van der Waals surface area contributed by atoms with Crippen molar-refractivity contribution in [1.29, 1.82) is 0 Å². The Hall–Kier alpha value is -1.85. The van der Waals surface area contributed by atoms with Crippen LogP contribution in [0.25, 0.3) is 0 Å². The Balaban J connectivity index is 1.56. The minimum Gasteiger partial charge on any atom is -0.371 e. The van der Waals surface area contributed by atoms with Crippen LogP contribution in [0.3, 0.4) is 0 Å². The predicted molar refractivity (Wildman–Crippen MR) is 84.7 cm³/mol. The minimum atomic E-state index is -0.0973. The highest BCUT2D eigenvalue weighted by atomic mass is 32.1. The zero-order valence-electron chi connectivity index (χ0n) is 11.9. The Labute approximate surface area is 128 Å². The molecule has 1 aromatic carbocycles. The molecule has 2 heterocycles. The van der Waals surface area contributed by atoms with Crippen LogP contribution < -0.4 is 5.32 Å². The summed E-state index contributed by atoms with van der Waals surface area (Å²) in [6.07, 6.45) is 0.909. The highest BCUT2D eigenvalue weighted by Crippen LogP contribution is 2.21. The number of fused-ring (bicyclic) bond motifs is 1. The number of carbonyl (C=O) groups excluding carboxylic acids is 1. The fourth-order valence-electron chi connectivity index (χ4n) is 2.47. The van der Waals surface area contributed by atoms with Crippen LogP contribution in [0.15, 0.2) is 41.8 Å². The number of ether oxygens (including phenoxy) is 1. The highest BCUT2D eigenvalue weighted by Gasteiger charge is 2.22. The number of hydrogen-bond acceptors (Lipinski definition) is 3. The van der Waals surface area contributed by atoms with E-state index < -0.39 is 0 Å². The molecule has 1 aliphatic rings. The van der Waals surface area contributed by atoms with Crippen LogP contribution in [0.1, 0.15) is 11.1 Å². The maximum atomic E-state index is 12.1. The third kappa shape index (κ3) is 3.43. The topological polar surface area (TPSA) is 41.6 Å². The molecule has 0 radical (unpaired) electrons. The van der Waals surface area contributed by atoms with Gasteiger partial charge >= 0.3 is 6.03 Å². The van der Waals surface area contributed by atoms with Gasteiger partial charge in [0.25, 0.3) is 0 Å². The molecule has 110 valence electrons. The third-order valence-corrected chi connectivity index (χ3v) is 4.40. The Morgan fingerprint density at radius 1 is 1.33 bits per heavy atom. The summed E-state index contributed by atoms with van der Waals surface area (Å²) in [7, 11) is 1.80. The first-order valence-electron chi connectivity index (χ1n) is 6.96. The molecular weight excluding hydrogens is 284 g/mol. The lowest BCUT2D eigenvalue weighted by molar-refractivity contribution is 0.0159. The molecule has 1 unspecified atom stereocenters. The fourth-order valence-corrected chi connectivity index (χ4v) is 3.07. The van der Waals surface area contributed by atoms with Crippen LogP contribution >= 0.6 is 11.3 Å². The number of hydrogen-bond donors (Lipinski definition) is 1. The molecule has 1 N–H and O–H groups in total. The number of thiophene rings is 1. The largest absolute Gasteiger partial charge is 0.371 e. The molecule has 4 nitrogen and oxygen atoms in total. The summed E-state index contributed by atoms with van der Waals surface area (Å²) >= 11 is 1.52. The molecule has 21 heavy (non-hydrogen) atoms. The first kappa shape index (κ1) is 14.1. The van der Waals surface area contributed by atoms with Gasteiger partial charge < -0.3 is 9.64 Å². The second-order valence-corrected chi connectivity index (χ2v) is 6.14. The molecular formula is C16H18N2O2S. The van der Waals surface area contributed by atoms with Crippen molar-refractivity contribution < 1.29 is 9.53 Å². The summed E-state index contributed by atoms with van der Waals surface area (Å²) < 4.78 is 5.84. The Bertz CT molecular complexity index is 612. The first-order chi connectivity index (χ1) is 10.2. The number of likely N-dealkylation sites (N-methyl/N-ethyl adjacent to an activating group) is 1. The smallest absolute Gasteiger partial charge is 0.322 e. The number of carbonyl (C=O) groups is 1. The summed E-state index contributed by atoms with van der Waals surface area (Å²) in [6.45, 7) is 1.22. The molecule has 2 aromatic rings. The number of amides is 2. The van der Waals surface area contributed by atoms with Gasteiger partial charge in [0.2, 0.25) is 0 Å². The number of nitrogens with one attached hydrogen (secondary N) is 1. The van der Waals surface area contributed by atoms with Gasteiger partial charge in [0.05, 0.1) is 17.7 Å². The quantitative estimate of drug-likeness (QED) is 0.944. The van der Waals surface area contributed by atoms with Crippen LogP contribution in [-0.4, -0.2) is 30.6 Å². The summed E-state index contributed by atoms with van der Waals surface area (Å²) in [6, 6.07) is 12.0. The van der Waals surface area contributed by atoms with E-state index in [0.717, 1.165) is 11.4 Å². The molecule has 0 bridgehead atoms. The second kappa shape index (κ2) is 6.28. The number of benzene rings is 1. The van der Waals surface area contributed by atoms with Crippen LogP contribution in [0.2, 0.25) is 0 Å². The van der Waals surface area contributed by atoms with Crippen molar-refractivity contribution >= 4 is 22.4 Å². The van der Waals surface area contributed by atoms with Crippen molar-refractivity contribution in [3.63, 3.8) is 0 Å². The molecule has 1 aliphatic heterocycles. The van der Waals surface area contributed by atoms with Gasteiger partial charge in [0.15, 0.2) is 0 Å². The van der Waals surface area contributed by atoms with E-state index in [-0.39, 0.29) is 12.1 Å². The van der Waals surface area contributed by atoms with Gasteiger partial charge in [-0.05, 0) is 28.6 Å². The molecule has 1 aromatic heterocycles. The minimum absolute atomic E-state index is 0.0546. The zero-order valence-corrected chi connectivity index (χ0v) is 12.7. The SMILES string of the molecule is CN(CC1Cc2ccccc2CO1)C(=O)Nc1cccs1. The van der Waals surface area contributed by atoms with Gasteiger partial charge in [-0.1, -0.05) is 24.3 Å². The lowest BCUT2D eigenvalue weighted by Gasteiger charge is -2.29. The number of rotatable bonds is 3. The van der Waals surface area contributed by atoms with E-state index in [1.165, 1.54) is 22.5 Å². The van der Waals surface area contributed by atoms with Gasteiger partial charge in [-0.3, -0.25) is 5.32 Å². The van der Waals surface area contributed by atoms with E-state index >= 15 is 0 Å². The first-order valence-corrected chi connectivity index (χ1v) is 7.84. The van der Waals surface area contributed by atoms with Crippen LogP contribution in [0.5, 0.6) is 0 Å². The molecule has 0 spiro atoms. The Morgan fingerprint density at radius 3 is 2.90 bits per heavy atom. The summed E-state index contributed by atoms with van der Waals surface area (Å²) in [5.74, 6) is 0. The lowest BCUT2D eigenvalue weighted by atomic mass is 9.99. The van der Waals surface area contributed by atoms with Crippen molar-refractivity contribution in [1.82, 2.24) is 4.90 Å². The van der Waals surface area contributed by atoms with Gasteiger partial charge in [-0.2, -0.15) is 0 Å². The maximum absolute atomic E-state index is 12.1. The number of anilines is 1. The van der Waals surface area contributed by atoms with Crippen molar-refractivity contribution in [3.05, 3.63) is 52.9 Å². The van der Waals surface area contributed by atoms with Crippen molar-refractivity contribution in [2.75, 3.05) is 18.9 Å². The Morgan fingerprint density at radius 2 is 2.14 bits per heavy atom. The van der Waals surface area contributed by atoms with Crippen LogP contribution in [0.4, 0.5) is 9.80 Å². The molecule has 0 aliphatic carbocycles. The van der Waals surface area contributed by atoms with Crippen LogP contribution in [-0.2, 0) is 17.8 Å². The predicted octanol–water partition coefficient (Wildman–Crippen LogP) is 3.35. The molecule has 0 saturated carbocycles. The van der Waals surface area contributed by atoms with E-state index in [1.807, 2.05) is 23.6 Å². The van der Waals surface area contributed by atoms with E-state index in [9.17, 15) is 4.79 Å². The third-order valence-electron chi connectivity index (χ3n) is 3.62. The van der Waals surface area contributed by atoms with Gasteiger partial charge in [0, 0.05) is 20.0 Å². The van der Waals surface area contributed by atoms with Crippen molar-refractivity contribution in [3.8, 4) is 0 Å². The normalized spacial score (nSPS) is 17.1. The van der Waals surface area contributed by atoms with Crippen LogP contribution in [0, 0.1) is 0 Å². The summed E-state index contributed by atoms with van der Waals surface area (Å²) in [4.78, 5) is 13.8. The van der Waals surface area contributed by atoms with E-state index in [4.69, 9.17) is 4.74 Å². The number of urea groups is 1. The van der Waals surface area contributed by atoms with Gasteiger partial charge in [-0.25, -0.2) is 4.79 Å². The lowest BCUT2D eigenvalue weighted by Crippen LogP contribution is -2.40. The summed E-state index contributed by atoms with van der Waals surface area (Å²) in [5.41, 5.74) is 2.57. The molecule has 0 fully saturated rings. The highest BCUT2D eigenvalue weighted by molar-refractivity contribution is 7.14. The van der Waals surface area contributed by atoms with E-state index in [2.05, 4.69) is 23.5 Å². The summed E-state index contributed by atoms with van der Waals surface area (Å²) in [5, 5.41) is 5.68. The average molecular weight is 302 g/mol. The zero-order chi connectivity index (χ0) is 14.7. The van der Waals surface area contributed by atoms with E-state index in [1.54, 1.807) is 11.9 Å². The van der Waals surface area contributed by atoms with Gasteiger partial charge in [0.1, 0.15) is 0 Å². The second-order valence-electron chi connectivity index (χ2n) is 5.19. The molecule has 5 heteroatoms. The monoisotopic (exact) mass is 302 g/mol. The standard InChI is InChI=1S/C16H18N2O2S/c1-18(16(19)17-15-7-4-8-21-15)10-14-9-12-5-2-3-6-13(12)11-20-14/h2-8,14H,9-11H2,1H3,(H,17,19). The molecule has 3 rings (SSSR count). The molecule has 1 atom stereocenters. The molecule has 0 saturated heterocycles. The maximum Gasteiger partial charge on any atom is 0.322 e.